The molecule has 38 heavy (non-hydrogen) atoms. The van der Waals surface area contributed by atoms with Crippen LogP contribution in [0.15, 0.2) is 78.9 Å². The summed E-state index contributed by atoms with van der Waals surface area (Å²) in [5.41, 5.74) is 7.86. The first-order valence-electron chi connectivity index (χ1n) is 12.6. The molecule has 4 atom stereocenters. The van der Waals surface area contributed by atoms with Gasteiger partial charge in [-0.25, -0.2) is 8.78 Å². The van der Waals surface area contributed by atoms with E-state index in [2.05, 4.69) is 0 Å². The first-order valence-corrected chi connectivity index (χ1v) is 12.6. The van der Waals surface area contributed by atoms with Gasteiger partial charge in [-0.3, -0.25) is 19.3 Å². The molecule has 0 bridgehead atoms. The number of amides is 3. The summed E-state index contributed by atoms with van der Waals surface area (Å²) in [7, 11) is 1.65. The van der Waals surface area contributed by atoms with Crippen LogP contribution in [0.25, 0.3) is 0 Å². The molecule has 3 amide bonds. The van der Waals surface area contributed by atoms with Crippen molar-refractivity contribution >= 4 is 17.7 Å². The van der Waals surface area contributed by atoms with Crippen molar-refractivity contribution in [2.75, 3.05) is 13.6 Å². The van der Waals surface area contributed by atoms with Crippen LogP contribution >= 0.6 is 0 Å². The minimum atomic E-state index is -1.18. The zero-order chi connectivity index (χ0) is 27.4. The first kappa shape index (κ1) is 27.1. The fraction of sp³-hybridized carbons (Fsp3) is 0.300. The van der Waals surface area contributed by atoms with Crippen LogP contribution in [0.3, 0.4) is 0 Å². The van der Waals surface area contributed by atoms with Gasteiger partial charge in [0.25, 0.3) is 0 Å². The highest BCUT2D eigenvalue weighted by Crippen LogP contribution is 2.38. The van der Waals surface area contributed by atoms with Crippen molar-refractivity contribution in [1.82, 2.24) is 9.80 Å². The topological polar surface area (TPSA) is 83.7 Å². The molecule has 198 valence electrons. The van der Waals surface area contributed by atoms with Crippen LogP contribution in [0.2, 0.25) is 0 Å². The standard InChI is InChI=1S/C30H31F2N3O3/c1-19(33)29(37)35(27(36)15-20-13-24(31)17-25(32)14-20)28-26(22-11-7-4-8-12-22)16-23(18-34(2)30(28)38)21-9-5-3-6-10-21/h3-14,17,19,23,26,28H,15-16,18,33H2,1-2H3/t19-,23-,26+,28-/m0/s1. The van der Waals surface area contributed by atoms with Crippen molar-refractivity contribution in [2.45, 2.75) is 43.7 Å². The van der Waals surface area contributed by atoms with E-state index < -0.39 is 53.8 Å². The summed E-state index contributed by atoms with van der Waals surface area (Å²) in [5, 5.41) is 0. The summed E-state index contributed by atoms with van der Waals surface area (Å²) in [4.78, 5) is 43.6. The third-order valence-corrected chi connectivity index (χ3v) is 6.99. The second-order valence-corrected chi connectivity index (χ2v) is 9.87. The molecule has 2 N–H and O–H groups in total. The quantitative estimate of drug-likeness (QED) is 0.534. The van der Waals surface area contributed by atoms with Crippen molar-refractivity contribution in [3.63, 3.8) is 0 Å². The number of likely N-dealkylation sites (N-methyl/N-ethyl adjacent to an activating group) is 1. The van der Waals surface area contributed by atoms with Crippen LogP contribution in [0, 0.1) is 11.6 Å². The number of carbonyl (C=O) groups is 3. The van der Waals surface area contributed by atoms with Gasteiger partial charge in [-0.05, 0) is 42.2 Å². The predicted molar refractivity (Wildman–Crippen MR) is 140 cm³/mol. The van der Waals surface area contributed by atoms with Crippen LogP contribution in [0.5, 0.6) is 0 Å². The van der Waals surface area contributed by atoms with Crippen molar-refractivity contribution in [3.8, 4) is 0 Å². The molecule has 0 spiro atoms. The number of halogens is 2. The number of imide groups is 1. The molecule has 1 heterocycles. The lowest BCUT2D eigenvalue weighted by molar-refractivity contribution is -0.155. The molecule has 6 nitrogen and oxygen atoms in total. The maximum absolute atomic E-state index is 14.0. The van der Waals surface area contributed by atoms with Gasteiger partial charge in [0.05, 0.1) is 12.5 Å². The molecule has 1 saturated heterocycles. The average molecular weight is 520 g/mol. The van der Waals surface area contributed by atoms with Crippen LogP contribution in [-0.2, 0) is 20.8 Å². The van der Waals surface area contributed by atoms with Crippen LogP contribution in [0.1, 0.15) is 41.9 Å². The summed E-state index contributed by atoms with van der Waals surface area (Å²) >= 11 is 0. The molecule has 1 fully saturated rings. The Bertz CT molecular complexity index is 1280. The Balaban J connectivity index is 1.81. The molecular formula is C30H31F2N3O3. The summed E-state index contributed by atoms with van der Waals surface area (Å²) < 4.78 is 27.7. The van der Waals surface area contributed by atoms with E-state index in [0.29, 0.717) is 19.0 Å². The Morgan fingerprint density at radius 3 is 2.08 bits per heavy atom. The SMILES string of the molecule is C[C@H](N)C(=O)N(C(=O)Cc1cc(F)cc(F)c1)[C@@H]1C(=O)N(C)C[C@@H](c2ccccc2)C[C@@H]1c1ccccc1. The molecule has 0 aromatic heterocycles. The molecule has 8 heteroatoms. The molecule has 4 rings (SSSR count). The third kappa shape index (κ3) is 5.97. The number of nitrogens with two attached hydrogens (primary N) is 1. The maximum Gasteiger partial charge on any atom is 0.246 e. The number of carbonyl (C=O) groups excluding carboxylic acids is 3. The molecule has 0 unspecified atom stereocenters. The van der Waals surface area contributed by atoms with Gasteiger partial charge < -0.3 is 10.6 Å². The molecule has 3 aromatic carbocycles. The van der Waals surface area contributed by atoms with E-state index in [4.69, 9.17) is 5.73 Å². The molecule has 0 aliphatic carbocycles. The first-order chi connectivity index (χ1) is 18.2. The minimum absolute atomic E-state index is 0.0555. The monoisotopic (exact) mass is 519 g/mol. The van der Waals surface area contributed by atoms with Gasteiger partial charge in [0.2, 0.25) is 17.7 Å². The van der Waals surface area contributed by atoms with E-state index in [9.17, 15) is 23.2 Å². The highest BCUT2D eigenvalue weighted by molar-refractivity contribution is 6.03. The number of rotatable bonds is 6. The van der Waals surface area contributed by atoms with Gasteiger partial charge in [-0.2, -0.15) is 0 Å². The summed E-state index contributed by atoms with van der Waals surface area (Å²) in [6.07, 6.45) is 0.0175. The fourth-order valence-corrected chi connectivity index (χ4v) is 5.21. The van der Waals surface area contributed by atoms with Gasteiger partial charge in [-0.15, -0.1) is 0 Å². The molecule has 0 radical (unpaired) electrons. The lowest BCUT2D eigenvalue weighted by Gasteiger charge is -2.36. The van der Waals surface area contributed by atoms with Crippen LogP contribution < -0.4 is 5.73 Å². The van der Waals surface area contributed by atoms with E-state index in [1.54, 1.807) is 11.9 Å². The lowest BCUT2D eigenvalue weighted by Crippen LogP contribution is -2.58. The second-order valence-electron chi connectivity index (χ2n) is 9.87. The summed E-state index contributed by atoms with van der Waals surface area (Å²) in [5.74, 6) is -4.13. The third-order valence-electron chi connectivity index (χ3n) is 6.99. The summed E-state index contributed by atoms with van der Waals surface area (Å²) in [6, 6.07) is 19.6. The van der Waals surface area contributed by atoms with E-state index in [0.717, 1.165) is 28.2 Å². The van der Waals surface area contributed by atoms with Crippen molar-refractivity contribution in [2.24, 2.45) is 5.73 Å². The van der Waals surface area contributed by atoms with Crippen LogP contribution in [-0.4, -0.2) is 53.2 Å². The molecular weight excluding hydrogens is 488 g/mol. The van der Waals surface area contributed by atoms with Gasteiger partial charge in [0.15, 0.2) is 0 Å². The number of benzene rings is 3. The van der Waals surface area contributed by atoms with E-state index in [1.807, 2.05) is 60.7 Å². The zero-order valence-electron chi connectivity index (χ0n) is 21.4. The molecule has 1 aliphatic rings. The van der Waals surface area contributed by atoms with Gasteiger partial charge in [0, 0.05) is 31.5 Å². The lowest BCUT2D eigenvalue weighted by atomic mass is 9.81. The molecule has 1 aliphatic heterocycles. The summed E-state index contributed by atoms with van der Waals surface area (Å²) in [6.45, 7) is 1.84. The predicted octanol–water partition coefficient (Wildman–Crippen LogP) is 4.01. The largest absolute Gasteiger partial charge is 0.343 e. The highest BCUT2D eigenvalue weighted by Gasteiger charge is 2.45. The molecule has 3 aromatic rings. The van der Waals surface area contributed by atoms with E-state index in [-0.39, 0.29) is 11.5 Å². The van der Waals surface area contributed by atoms with Crippen molar-refractivity contribution in [1.29, 1.82) is 0 Å². The Labute approximate surface area is 221 Å². The second kappa shape index (κ2) is 11.6. The number of hydrogen-bond acceptors (Lipinski definition) is 4. The van der Waals surface area contributed by atoms with Gasteiger partial charge in [-0.1, -0.05) is 60.7 Å². The normalized spacial score (nSPS) is 20.5. The number of likely N-dealkylation sites (tertiary alicyclic amines) is 1. The fourth-order valence-electron chi connectivity index (χ4n) is 5.21. The maximum atomic E-state index is 14.0. The van der Waals surface area contributed by atoms with Crippen molar-refractivity contribution < 1.29 is 23.2 Å². The number of nitrogens with zero attached hydrogens (tertiary/aromatic N) is 2. The minimum Gasteiger partial charge on any atom is -0.343 e. The smallest absolute Gasteiger partial charge is 0.246 e. The highest BCUT2D eigenvalue weighted by atomic mass is 19.1. The van der Waals surface area contributed by atoms with Crippen molar-refractivity contribution in [3.05, 3.63) is 107 Å². The Morgan fingerprint density at radius 2 is 1.53 bits per heavy atom. The average Bonchev–Trinajstić information content (AvgIpc) is 3.01. The van der Waals surface area contributed by atoms with Crippen LogP contribution in [0.4, 0.5) is 8.78 Å². The Morgan fingerprint density at radius 1 is 0.974 bits per heavy atom. The Kier molecular flexibility index (Phi) is 8.32. The molecule has 0 saturated carbocycles. The van der Waals surface area contributed by atoms with Gasteiger partial charge in [0.1, 0.15) is 17.7 Å². The number of hydrogen-bond donors (Lipinski definition) is 1. The zero-order valence-corrected chi connectivity index (χ0v) is 21.4. The Hall–Kier alpha value is -3.91. The van der Waals surface area contributed by atoms with Gasteiger partial charge >= 0.3 is 0 Å². The van der Waals surface area contributed by atoms with E-state index in [1.165, 1.54) is 6.92 Å². The van der Waals surface area contributed by atoms with E-state index >= 15 is 0 Å².